The van der Waals surface area contributed by atoms with E-state index in [1.807, 2.05) is 30.3 Å². The zero-order valence-corrected chi connectivity index (χ0v) is 19.5. The molecular formula is C25H29N5O2S. The van der Waals surface area contributed by atoms with Crippen molar-refractivity contribution in [2.24, 2.45) is 22.9 Å². The summed E-state index contributed by atoms with van der Waals surface area (Å²) in [5.74, 6) is 2.23. The van der Waals surface area contributed by atoms with Gasteiger partial charge in [-0.3, -0.25) is 9.59 Å². The van der Waals surface area contributed by atoms with Crippen LogP contribution in [0.2, 0.25) is 0 Å². The molecule has 1 aromatic carbocycles. The van der Waals surface area contributed by atoms with E-state index in [0.717, 1.165) is 40.5 Å². The van der Waals surface area contributed by atoms with Crippen LogP contribution in [0.4, 0.5) is 5.13 Å². The fourth-order valence-electron chi connectivity index (χ4n) is 6.86. The van der Waals surface area contributed by atoms with Gasteiger partial charge in [0.05, 0.1) is 12.3 Å². The predicted octanol–water partition coefficient (Wildman–Crippen LogP) is 4.36. The molecular weight excluding hydrogens is 434 g/mol. The zero-order chi connectivity index (χ0) is 22.4. The van der Waals surface area contributed by atoms with Gasteiger partial charge in [-0.1, -0.05) is 41.7 Å². The number of nitrogens with one attached hydrogen (secondary N) is 1. The highest BCUT2D eigenvalue weighted by atomic mass is 32.1. The Morgan fingerprint density at radius 1 is 1.00 bits per heavy atom. The fraction of sp³-hybridized carbons (Fsp3) is 0.560. The Hall–Kier alpha value is -2.61. The van der Waals surface area contributed by atoms with Gasteiger partial charge < -0.3 is 5.32 Å². The third kappa shape index (κ3) is 4.09. The first-order valence-corrected chi connectivity index (χ1v) is 12.9. The van der Waals surface area contributed by atoms with Gasteiger partial charge in [0.25, 0.3) is 0 Å². The van der Waals surface area contributed by atoms with E-state index in [-0.39, 0.29) is 30.1 Å². The highest BCUT2D eigenvalue weighted by Gasteiger charge is 2.53. The number of hydrazone groups is 1. The lowest BCUT2D eigenvalue weighted by Crippen LogP contribution is -2.48. The Labute approximate surface area is 197 Å². The van der Waals surface area contributed by atoms with Gasteiger partial charge in [0.1, 0.15) is 5.01 Å². The minimum absolute atomic E-state index is 0.123. The first kappa shape index (κ1) is 21.0. The monoisotopic (exact) mass is 463 g/mol. The number of carbonyl (C=O) groups is 2. The van der Waals surface area contributed by atoms with Gasteiger partial charge in [0, 0.05) is 24.7 Å². The van der Waals surface area contributed by atoms with Crippen molar-refractivity contribution in [3.8, 4) is 0 Å². The van der Waals surface area contributed by atoms with Crippen molar-refractivity contribution in [1.82, 2.24) is 15.2 Å². The predicted molar refractivity (Wildman–Crippen MR) is 127 cm³/mol. The lowest BCUT2D eigenvalue weighted by molar-refractivity contribution is -0.132. The number of aromatic nitrogens is 2. The van der Waals surface area contributed by atoms with Crippen molar-refractivity contribution in [3.05, 3.63) is 40.9 Å². The van der Waals surface area contributed by atoms with E-state index in [9.17, 15) is 9.59 Å². The Morgan fingerprint density at radius 3 is 2.39 bits per heavy atom. The lowest BCUT2D eigenvalue weighted by Gasteiger charge is -2.55. The molecule has 8 heteroatoms. The van der Waals surface area contributed by atoms with Crippen LogP contribution in [-0.2, 0) is 15.0 Å². The molecule has 7 rings (SSSR count). The maximum Gasteiger partial charge on any atom is 0.243 e. The molecule has 4 aliphatic carbocycles. The number of amides is 2. The molecule has 4 bridgehead atoms. The van der Waals surface area contributed by atoms with E-state index >= 15 is 0 Å². The Balaban J connectivity index is 1.03. The van der Waals surface area contributed by atoms with Crippen molar-refractivity contribution in [2.45, 2.75) is 63.2 Å². The average molecular weight is 464 g/mol. The summed E-state index contributed by atoms with van der Waals surface area (Å²) >= 11 is 1.54. The van der Waals surface area contributed by atoms with E-state index in [4.69, 9.17) is 0 Å². The number of nitrogens with zero attached hydrogens (tertiary/aromatic N) is 4. The second kappa shape index (κ2) is 8.31. The van der Waals surface area contributed by atoms with E-state index in [1.54, 1.807) is 0 Å². The van der Waals surface area contributed by atoms with Crippen molar-refractivity contribution in [2.75, 3.05) is 11.9 Å². The van der Waals surface area contributed by atoms with E-state index in [1.165, 1.54) is 54.9 Å². The van der Waals surface area contributed by atoms with Crippen LogP contribution in [0.15, 0.2) is 35.4 Å². The second-order valence-electron chi connectivity index (χ2n) is 10.3. The minimum atomic E-state index is -0.192. The SMILES string of the molecule is O=C(CCC(=O)N1CCC(c2ccccc2)=N1)Nc1nnc(C23CC4CC(CC(C4)C2)C3)s1. The van der Waals surface area contributed by atoms with Crippen LogP contribution >= 0.6 is 11.3 Å². The van der Waals surface area contributed by atoms with Crippen LogP contribution in [-0.4, -0.2) is 39.3 Å². The van der Waals surface area contributed by atoms with Gasteiger partial charge in [0.15, 0.2) is 0 Å². The van der Waals surface area contributed by atoms with Crippen LogP contribution in [0.25, 0.3) is 0 Å². The first-order valence-electron chi connectivity index (χ1n) is 12.1. The topological polar surface area (TPSA) is 87.5 Å². The van der Waals surface area contributed by atoms with Crippen LogP contribution in [0.5, 0.6) is 0 Å². The Morgan fingerprint density at radius 2 is 1.70 bits per heavy atom. The van der Waals surface area contributed by atoms with Gasteiger partial charge in [-0.2, -0.15) is 5.10 Å². The molecule has 7 nitrogen and oxygen atoms in total. The summed E-state index contributed by atoms with van der Waals surface area (Å²) in [6, 6.07) is 9.90. The summed E-state index contributed by atoms with van der Waals surface area (Å²) in [7, 11) is 0. The number of hydrogen-bond acceptors (Lipinski definition) is 6. The number of hydrogen-bond donors (Lipinski definition) is 1. The van der Waals surface area contributed by atoms with E-state index in [0.29, 0.717) is 11.7 Å². The highest BCUT2D eigenvalue weighted by molar-refractivity contribution is 7.15. The van der Waals surface area contributed by atoms with Gasteiger partial charge in [-0.25, -0.2) is 5.01 Å². The van der Waals surface area contributed by atoms with Crippen molar-refractivity contribution < 1.29 is 9.59 Å². The van der Waals surface area contributed by atoms with E-state index in [2.05, 4.69) is 20.6 Å². The molecule has 5 aliphatic rings. The molecule has 0 saturated heterocycles. The third-order valence-corrected chi connectivity index (χ3v) is 9.01. The maximum atomic E-state index is 12.6. The van der Waals surface area contributed by atoms with Gasteiger partial charge >= 0.3 is 0 Å². The molecule has 0 radical (unpaired) electrons. The molecule has 1 N–H and O–H groups in total. The van der Waals surface area contributed by atoms with Crippen LogP contribution in [0, 0.1) is 17.8 Å². The normalized spacial score (nSPS) is 29.9. The number of rotatable bonds is 6. The largest absolute Gasteiger partial charge is 0.301 e. The van der Waals surface area contributed by atoms with Crippen molar-refractivity contribution in [1.29, 1.82) is 0 Å². The first-order chi connectivity index (χ1) is 16.1. The highest BCUT2D eigenvalue weighted by Crippen LogP contribution is 2.61. The molecule has 1 aliphatic heterocycles. The summed E-state index contributed by atoms with van der Waals surface area (Å²) in [6.45, 7) is 0.565. The van der Waals surface area contributed by atoms with Crippen LogP contribution in [0.1, 0.15) is 68.4 Å². The molecule has 0 spiro atoms. The summed E-state index contributed by atoms with van der Waals surface area (Å²) in [6.07, 6.45) is 8.87. The molecule has 4 fully saturated rings. The number of anilines is 1. The second-order valence-corrected chi connectivity index (χ2v) is 11.3. The molecule has 33 heavy (non-hydrogen) atoms. The summed E-state index contributed by atoms with van der Waals surface area (Å²) in [4.78, 5) is 25.1. The minimum Gasteiger partial charge on any atom is -0.301 e. The summed E-state index contributed by atoms with van der Waals surface area (Å²) in [5, 5.41) is 19.3. The molecule has 0 unspecified atom stereocenters. The van der Waals surface area contributed by atoms with E-state index < -0.39 is 0 Å². The molecule has 2 amide bonds. The Kier molecular flexibility index (Phi) is 5.28. The van der Waals surface area contributed by atoms with Crippen LogP contribution in [0.3, 0.4) is 0 Å². The number of benzene rings is 1. The average Bonchev–Trinajstić information content (AvgIpc) is 3.48. The van der Waals surface area contributed by atoms with Crippen LogP contribution < -0.4 is 5.32 Å². The van der Waals surface area contributed by atoms with Gasteiger partial charge in [-0.05, 0) is 61.8 Å². The molecule has 1 aromatic heterocycles. The van der Waals surface area contributed by atoms with Crippen molar-refractivity contribution >= 4 is 34.0 Å². The van der Waals surface area contributed by atoms with Gasteiger partial charge in [-0.15, -0.1) is 10.2 Å². The van der Waals surface area contributed by atoms with Gasteiger partial charge in [0.2, 0.25) is 16.9 Å². The lowest BCUT2D eigenvalue weighted by atomic mass is 9.50. The molecule has 4 saturated carbocycles. The maximum absolute atomic E-state index is 12.6. The quantitative estimate of drug-likeness (QED) is 0.689. The molecule has 172 valence electrons. The third-order valence-electron chi connectivity index (χ3n) is 7.93. The number of carbonyl (C=O) groups excluding carboxylic acids is 2. The zero-order valence-electron chi connectivity index (χ0n) is 18.7. The molecule has 2 aromatic rings. The smallest absolute Gasteiger partial charge is 0.243 e. The Bertz CT molecular complexity index is 1060. The molecule has 0 atom stereocenters. The van der Waals surface area contributed by atoms with Crippen molar-refractivity contribution in [3.63, 3.8) is 0 Å². The fourth-order valence-corrected chi connectivity index (χ4v) is 7.84. The molecule has 2 heterocycles. The summed E-state index contributed by atoms with van der Waals surface area (Å²) < 4.78 is 0. The summed E-state index contributed by atoms with van der Waals surface area (Å²) in [5.41, 5.74) is 2.14. The standard InChI is InChI=1S/C25H29N5O2S/c31-21(6-7-22(32)30-9-8-20(29-30)19-4-2-1-3-5-19)26-24-28-27-23(33-24)25-13-16-10-17(14-25)12-18(11-16)15-25/h1-5,16-18H,6-15H2,(H,26,28,31).